The molecule has 1 aromatic carbocycles. The number of carboxylic acid groups (broad SMARTS) is 1. The van der Waals surface area contributed by atoms with E-state index in [4.69, 9.17) is 9.47 Å². The molecule has 2 aromatic rings. The lowest BCUT2D eigenvalue weighted by Crippen LogP contribution is -2.37. The first-order chi connectivity index (χ1) is 16.0. The first-order valence-electron chi connectivity index (χ1n) is 10.6. The minimum Gasteiger partial charge on any atom is -0.492 e. The number of ether oxygens (including phenoxy) is 2. The molecule has 1 atom stereocenters. The maximum absolute atomic E-state index is 15.3. The van der Waals surface area contributed by atoms with Crippen LogP contribution in [-0.4, -0.2) is 54.6 Å². The number of carbonyl (C=O) groups is 2. The van der Waals surface area contributed by atoms with Gasteiger partial charge in [-0.15, -0.1) is 0 Å². The van der Waals surface area contributed by atoms with Crippen molar-refractivity contribution in [1.82, 2.24) is 4.57 Å². The number of halogens is 4. The standard InChI is InChI=1S/C22H24F4N2O6/c1-3-34-16(29)7-12-5-4-6-27(9-12)18-15(23)8-13-17(20(18)33-2)28(11-22(24,25)26)10-14(19(13)30)21(31)32/h8,10,12H,3-7,9,11H2,1-2H3,(H,31,32). The summed E-state index contributed by atoms with van der Waals surface area (Å²) in [7, 11) is 1.13. The number of aromatic nitrogens is 1. The highest BCUT2D eigenvalue weighted by Gasteiger charge is 2.33. The second-order valence-electron chi connectivity index (χ2n) is 8.02. The Morgan fingerprint density at radius 1 is 1.29 bits per heavy atom. The van der Waals surface area contributed by atoms with E-state index in [-0.39, 0.29) is 42.4 Å². The van der Waals surface area contributed by atoms with Gasteiger partial charge in [0, 0.05) is 19.3 Å². The first kappa shape index (κ1) is 25.3. The lowest BCUT2D eigenvalue weighted by atomic mass is 9.94. The monoisotopic (exact) mass is 488 g/mol. The molecule has 1 N–H and O–H groups in total. The molecular weight excluding hydrogens is 464 g/mol. The summed E-state index contributed by atoms with van der Waals surface area (Å²) < 4.78 is 66.0. The number of carboxylic acids is 1. The zero-order chi connectivity index (χ0) is 25.2. The minimum atomic E-state index is -4.76. The van der Waals surface area contributed by atoms with Gasteiger partial charge in [0.2, 0.25) is 5.43 Å². The first-order valence-corrected chi connectivity index (χ1v) is 10.6. The highest BCUT2D eigenvalue weighted by molar-refractivity contribution is 5.97. The third kappa shape index (κ3) is 5.26. The predicted octanol–water partition coefficient (Wildman–Crippen LogP) is 3.58. The number of benzene rings is 1. The van der Waals surface area contributed by atoms with Crippen LogP contribution in [0.3, 0.4) is 0 Å². The SMILES string of the molecule is CCOC(=O)CC1CCCN(c2c(F)cc3c(=O)c(C(=O)O)cn(CC(F)(F)F)c3c2OC)C1. The van der Waals surface area contributed by atoms with Crippen molar-refractivity contribution in [2.24, 2.45) is 5.92 Å². The number of carbonyl (C=O) groups excluding carboxylic acids is 1. The number of methoxy groups -OCH3 is 1. The van der Waals surface area contributed by atoms with Crippen molar-refractivity contribution < 1.29 is 41.7 Å². The Bertz CT molecular complexity index is 1160. The van der Waals surface area contributed by atoms with E-state index in [0.717, 1.165) is 13.2 Å². The summed E-state index contributed by atoms with van der Waals surface area (Å²) in [6, 6.07) is 0.740. The van der Waals surface area contributed by atoms with Gasteiger partial charge in [0.05, 0.1) is 31.0 Å². The van der Waals surface area contributed by atoms with Crippen LogP contribution in [0.15, 0.2) is 17.1 Å². The number of piperidine rings is 1. The molecule has 0 aliphatic carbocycles. The molecule has 1 aromatic heterocycles. The summed E-state index contributed by atoms with van der Waals surface area (Å²) >= 11 is 0. The van der Waals surface area contributed by atoms with Crippen molar-refractivity contribution in [3.63, 3.8) is 0 Å². The molecule has 0 bridgehead atoms. The quantitative estimate of drug-likeness (QED) is 0.470. The number of pyridine rings is 1. The zero-order valence-corrected chi connectivity index (χ0v) is 18.6. The molecule has 0 amide bonds. The fraction of sp³-hybridized carbons (Fsp3) is 0.500. The molecule has 12 heteroatoms. The Morgan fingerprint density at radius 2 is 2.00 bits per heavy atom. The van der Waals surface area contributed by atoms with Crippen molar-refractivity contribution in [2.75, 3.05) is 31.7 Å². The van der Waals surface area contributed by atoms with E-state index in [2.05, 4.69) is 0 Å². The largest absolute Gasteiger partial charge is 0.492 e. The van der Waals surface area contributed by atoms with E-state index in [1.807, 2.05) is 0 Å². The summed E-state index contributed by atoms with van der Waals surface area (Å²) in [5, 5.41) is 8.74. The van der Waals surface area contributed by atoms with E-state index < -0.39 is 46.9 Å². The van der Waals surface area contributed by atoms with Crippen LogP contribution in [-0.2, 0) is 16.1 Å². The molecule has 1 aliphatic rings. The number of esters is 1. The number of rotatable bonds is 7. The maximum Gasteiger partial charge on any atom is 0.406 e. The molecular formula is C22H24F4N2O6. The molecule has 0 spiro atoms. The summed E-state index contributed by atoms with van der Waals surface area (Å²) in [5.41, 5.74) is -2.55. The fourth-order valence-corrected chi connectivity index (χ4v) is 4.34. The van der Waals surface area contributed by atoms with Gasteiger partial charge in [-0.1, -0.05) is 0 Å². The van der Waals surface area contributed by atoms with E-state index in [0.29, 0.717) is 30.2 Å². The zero-order valence-electron chi connectivity index (χ0n) is 18.6. The normalized spacial score (nSPS) is 16.5. The van der Waals surface area contributed by atoms with Gasteiger partial charge in [-0.2, -0.15) is 13.2 Å². The molecule has 1 unspecified atom stereocenters. The van der Waals surface area contributed by atoms with Crippen LogP contribution in [0.4, 0.5) is 23.2 Å². The molecule has 34 heavy (non-hydrogen) atoms. The smallest absolute Gasteiger partial charge is 0.406 e. The Morgan fingerprint density at radius 3 is 2.59 bits per heavy atom. The third-order valence-corrected chi connectivity index (χ3v) is 5.62. The molecule has 2 heterocycles. The second kappa shape index (κ2) is 9.90. The fourth-order valence-electron chi connectivity index (χ4n) is 4.34. The van der Waals surface area contributed by atoms with E-state index in [9.17, 15) is 32.7 Å². The number of hydrogen-bond donors (Lipinski definition) is 1. The Balaban J connectivity index is 2.18. The van der Waals surface area contributed by atoms with Gasteiger partial charge in [0.25, 0.3) is 0 Å². The van der Waals surface area contributed by atoms with Crippen molar-refractivity contribution >= 4 is 28.5 Å². The van der Waals surface area contributed by atoms with Crippen LogP contribution >= 0.6 is 0 Å². The maximum atomic E-state index is 15.3. The van der Waals surface area contributed by atoms with Gasteiger partial charge >= 0.3 is 18.1 Å². The van der Waals surface area contributed by atoms with Crippen LogP contribution in [0.5, 0.6) is 5.75 Å². The predicted molar refractivity (Wildman–Crippen MR) is 114 cm³/mol. The Labute approximate surface area is 191 Å². The molecule has 8 nitrogen and oxygen atoms in total. The summed E-state index contributed by atoms with van der Waals surface area (Å²) in [6.45, 7) is 0.841. The lowest BCUT2D eigenvalue weighted by Gasteiger charge is -2.35. The Hall–Kier alpha value is -3.31. The van der Waals surface area contributed by atoms with Crippen molar-refractivity contribution in [3.8, 4) is 5.75 Å². The lowest BCUT2D eigenvalue weighted by molar-refractivity contribution is -0.144. The highest BCUT2D eigenvalue weighted by Crippen LogP contribution is 2.40. The van der Waals surface area contributed by atoms with E-state index in [1.54, 1.807) is 11.8 Å². The van der Waals surface area contributed by atoms with Gasteiger partial charge in [-0.05, 0) is 31.7 Å². The molecule has 3 rings (SSSR count). The number of anilines is 1. The van der Waals surface area contributed by atoms with Gasteiger partial charge in [-0.25, -0.2) is 9.18 Å². The minimum absolute atomic E-state index is 0.0998. The molecule has 0 radical (unpaired) electrons. The Kier molecular flexibility index (Phi) is 7.37. The van der Waals surface area contributed by atoms with Crippen molar-refractivity contribution in [3.05, 3.63) is 33.9 Å². The number of fused-ring (bicyclic) bond motifs is 1. The molecule has 1 fully saturated rings. The second-order valence-corrected chi connectivity index (χ2v) is 8.02. The summed E-state index contributed by atoms with van der Waals surface area (Å²) in [6.07, 6.45) is -2.81. The van der Waals surface area contributed by atoms with E-state index in [1.165, 1.54) is 0 Å². The molecule has 1 aliphatic heterocycles. The molecule has 186 valence electrons. The topological polar surface area (TPSA) is 98.1 Å². The summed E-state index contributed by atoms with van der Waals surface area (Å²) in [5.74, 6) is -3.58. The number of nitrogens with zero attached hydrogens (tertiary/aromatic N) is 2. The number of hydrogen-bond acceptors (Lipinski definition) is 6. The van der Waals surface area contributed by atoms with Gasteiger partial charge in [-0.3, -0.25) is 9.59 Å². The van der Waals surface area contributed by atoms with Crippen molar-refractivity contribution in [2.45, 2.75) is 38.9 Å². The number of aromatic carboxylic acids is 1. The van der Waals surface area contributed by atoms with Crippen LogP contribution in [0.25, 0.3) is 10.9 Å². The average Bonchev–Trinajstić information content (AvgIpc) is 2.74. The average molecular weight is 488 g/mol. The third-order valence-electron chi connectivity index (χ3n) is 5.62. The van der Waals surface area contributed by atoms with E-state index >= 15 is 4.39 Å². The van der Waals surface area contributed by atoms with Gasteiger partial charge in [0.1, 0.15) is 17.8 Å². The van der Waals surface area contributed by atoms with Gasteiger partial charge < -0.3 is 24.0 Å². The van der Waals surface area contributed by atoms with Crippen LogP contribution < -0.4 is 15.1 Å². The number of alkyl halides is 3. The van der Waals surface area contributed by atoms with Gasteiger partial charge in [0.15, 0.2) is 11.6 Å². The molecule has 0 saturated carbocycles. The molecule has 1 saturated heterocycles. The van der Waals surface area contributed by atoms with Crippen LogP contribution in [0, 0.1) is 11.7 Å². The van der Waals surface area contributed by atoms with Crippen LogP contribution in [0.2, 0.25) is 0 Å². The highest BCUT2D eigenvalue weighted by atomic mass is 19.4. The summed E-state index contributed by atoms with van der Waals surface area (Å²) in [4.78, 5) is 37.6. The van der Waals surface area contributed by atoms with Crippen LogP contribution in [0.1, 0.15) is 36.5 Å². The van der Waals surface area contributed by atoms with Crippen molar-refractivity contribution in [1.29, 1.82) is 0 Å².